The van der Waals surface area contributed by atoms with Crippen molar-refractivity contribution < 1.29 is 13.5 Å². The second-order valence-corrected chi connectivity index (χ2v) is 5.14. The Bertz CT molecular complexity index is 628. The zero-order valence-electron chi connectivity index (χ0n) is 12.2. The van der Waals surface area contributed by atoms with Crippen molar-refractivity contribution in [2.75, 3.05) is 0 Å². The molecule has 0 saturated heterocycles. The van der Waals surface area contributed by atoms with Crippen LogP contribution in [0, 0.1) is 18.6 Å². The van der Waals surface area contributed by atoms with Crippen molar-refractivity contribution in [3.63, 3.8) is 0 Å². The van der Waals surface area contributed by atoms with E-state index < -0.39 is 11.6 Å². The van der Waals surface area contributed by atoms with Gasteiger partial charge < -0.3 is 10.5 Å². The largest absolute Gasteiger partial charge is 0.454 e. The summed E-state index contributed by atoms with van der Waals surface area (Å²) in [5.74, 6) is -0.815. The van der Waals surface area contributed by atoms with Crippen molar-refractivity contribution in [2.45, 2.75) is 32.7 Å². The molecule has 1 unspecified atom stereocenters. The molecule has 0 amide bonds. The van der Waals surface area contributed by atoms with Gasteiger partial charge in [0.05, 0.1) is 0 Å². The molecular formula is C17H19F2NO. The number of halogens is 2. The molecule has 2 aromatic rings. The van der Waals surface area contributed by atoms with Gasteiger partial charge in [0.2, 0.25) is 0 Å². The van der Waals surface area contributed by atoms with E-state index in [0.29, 0.717) is 5.75 Å². The first kappa shape index (κ1) is 15.4. The summed E-state index contributed by atoms with van der Waals surface area (Å²) in [7, 11) is 0. The highest BCUT2D eigenvalue weighted by atomic mass is 19.1. The highest BCUT2D eigenvalue weighted by Crippen LogP contribution is 2.27. The lowest BCUT2D eigenvalue weighted by molar-refractivity contribution is 0.437. The first-order chi connectivity index (χ1) is 9.99. The van der Waals surface area contributed by atoms with Crippen molar-refractivity contribution in [2.24, 2.45) is 5.73 Å². The molecule has 0 radical (unpaired) electrons. The fourth-order valence-corrected chi connectivity index (χ4v) is 2.07. The van der Waals surface area contributed by atoms with E-state index in [1.54, 1.807) is 6.07 Å². The van der Waals surface area contributed by atoms with Crippen LogP contribution < -0.4 is 10.5 Å². The summed E-state index contributed by atoms with van der Waals surface area (Å²) in [6.07, 6.45) is 1.71. The highest BCUT2D eigenvalue weighted by molar-refractivity contribution is 5.38. The second kappa shape index (κ2) is 6.68. The standard InChI is InChI=1S/C17H19F2NO/c1-3-14(20)9-12-4-6-15(8-11(12)2)21-17-7-5-13(18)10-16(17)19/h4-8,10,14H,3,9,20H2,1-2H3. The first-order valence-corrected chi connectivity index (χ1v) is 6.97. The molecule has 0 aliphatic rings. The van der Waals surface area contributed by atoms with E-state index in [1.807, 2.05) is 19.1 Å². The fourth-order valence-electron chi connectivity index (χ4n) is 2.07. The minimum absolute atomic E-state index is 0.00816. The summed E-state index contributed by atoms with van der Waals surface area (Å²) in [6, 6.07) is 8.91. The molecule has 0 saturated carbocycles. The lowest BCUT2D eigenvalue weighted by Gasteiger charge is -2.13. The molecule has 0 spiro atoms. The minimum atomic E-state index is -0.718. The number of aryl methyl sites for hydroxylation is 1. The van der Waals surface area contributed by atoms with E-state index in [4.69, 9.17) is 10.5 Å². The van der Waals surface area contributed by atoms with E-state index in [-0.39, 0.29) is 11.8 Å². The summed E-state index contributed by atoms with van der Waals surface area (Å²) in [6.45, 7) is 4.01. The molecule has 1 atom stereocenters. The molecule has 2 N–H and O–H groups in total. The number of rotatable bonds is 5. The average Bonchev–Trinajstić information content (AvgIpc) is 2.44. The number of ether oxygens (including phenoxy) is 1. The maximum absolute atomic E-state index is 13.6. The average molecular weight is 291 g/mol. The topological polar surface area (TPSA) is 35.2 Å². The van der Waals surface area contributed by atoms with Crippen LogP contribution in [0.15, 0.2) is 36.4 Å². The molecule has 2 nitrogen and oxygen atoms in total. The molecule has 2 rings (SSSR count). The van der Waals surface area contributed by atoms with Gasteiger partial charge in [0.25, 0.3) is 0 Å². The molecule has 4 heteroatoms. The van der Waals surface area contributed by atoms with Gasteiger partial charge in [0.1, 0.15) is 11.6 Å². The SMILES string of the molecule is CCC(N)Cc1ccc(Oc2ccc(F)cc2F)cc1C. The quantitative estimate of drug-likeness (QED) is 0.889. The van der Waals surface area contributed by atoms with Gasteiger partial charge in [-0.15, -0.1) is 0 Å². The second-order valence-electron chi connectivity index (χ2n) is 5.14. The van der Waals surface area contributed by atoms with E-state index in [9.17, 15) is 8.78 Å². The van der Waals surface area contributed by atoms with Crippen LogP contribution in [0.25, 0.3) is 0 Å². The molecule has 0 aromatic heterocycles. The molecule has 0 heterocycles. The lowest BCUT2D eigenvalue weighted by atomic mass is 10.00. The van der Waals surface area contributed by atoms with Crippen LogP contribution in [0.1, 0.15) is 24.5 Å². The maximum Gasteiger partial charge on any atom is 0.168 e. The summed E-state index contributed by atoms with van der Waals surface area (Å²) < 4.78 is 31.9. The lowest BCUT2D eigenvalue weighted by Crippen LogP contribution is -2.21. The minimum Gasteiger partial charge on any atom is -0.454 e. The van der Waals surface area contributed by atoms with Crippen LogP contribution in [0.3, 0.4) is 0 Å². The van der Waals surface area contributed by atoms with Gasteiger partial charge >= 0.3 is 0 Å². The Morgan fingerprint density at radius 1 is 1.14 bits per heavy atom. The Morgan fingerprint density at radius 2 is 1.90 bits per heavy atom. The van der Waals surface area contributed by atoms with E-state index in [2.05, 4.69) is 6.92 Å². The number of hydrogen-bond donors (Lipinski definition) is 1. The van der Waals surface area contributed by atoms with Crippen molar-refractivity contribution >= 4 is 0 Å². The van der Waals surface area contributed by atoms with Crippen molar-refractivity contribution in [3.8, 4) is 11.5 Å². The number of benzene rings is 2. The van der Waals surface area contributed by atoms with Gasteiger partial charge in [-0.05, 0) is 55.2 Å². The predicted molar refractivity (Wildman–Crippen MR) is 79.6 cm³/mol. The van der Waals surface area contributed by atoms with Crippen molar-refractivity contribution in [1.29, 1.82) is 0 Å². The van der Waals surface area contributed by atoms with Crippen LogP contribution in [0.4, 0.5) is 8.78 Å². The molecule has 0 aliphatic carbocycles. The molecule has 2 aromatic carbocycles. The van der Waals surface area contributed by atoms with E-state index >= 15 is 0 Å². The van der Waals surface area contributed by atoms with Crippen LogP contribution in [0.5, 0.6) is 11.5 Å². The maximum atomic E-state index is 13.6. The normalized spacial score (nSPS) is 12.2. The van der Waals surface area contributed by atoms with Gasteiger partial charge in [-0.1, -0.05) is 13.0 Å². The van der Waals surface area contributed by atoms with Crippen molar-refractivity contribution in [1.82, 2.24) is 0 Å². The van der Waals surface area contributed by atoms with Gasteiger partial charge in [0.15, 0.2) is 11.6 Å². The molecular weight excluding hydrogens is 272 g/mol. The third kappa shape index (κ3) is 4.02. The monoisotopic (exact) mass is 291 g/mol. The Labute approximate surface area is 123 Å². The third-order valence-corrected chi connectivity index (χ3v) is 3.44. The molecule has 0 aliphatic heterocycles. The molecule has 21 heavy (non-hydrogen) atoms. The van der Waals surface area contributed by atoms with E-state index in [1.165, 1.54) is 12.1 Å². The van der Waals surface area contributed by atoms with Crippen LogP contribution in [-0.2, 0) is 6.42 Å². The zero-order valence-corrected chi connectivity index (χ0v) is 12.2. The van der Waals surface area contributed by atoms with E-state index in [0.717, 1.165) is 30.0 Å². The Balaban J connectivity index is 2.16. The summed E-state index contributed by atoms with van der Waals surface area (Å²) in [5.41, 5.74) is 8.14. The van der Waals surface area contributed by atoms with Crippen LogP contribution >= 0.6 is 0 Å². The summed E-state index contributed by atoms with van der Waals surface area (Å²) in [5, 5.41) is 0. The summed E-state index contributed by atoms with van der Waals surface area (Å²) >= 11 is 0. The Kier molecular flexibility index (Phi) is 4.91. The first-order valence-electron chi connectivity index (χ1n) is 6.97. The Morgan fingerprint density at radius 3 is 2.52 bits per heavy atom. The third-order valence-electron chi connectivity index (χ3n) is 3.44. The highest BCUT2D eigenvalue weighted by Gasteiger charge is 2.09. The zero-order chi connectivity index (χ0) is 15.4. The molecule has 112 valence electrons. The number of hydrogen-bond acceptors (Lipinski definition) is 2. The Hall–Kier alpha value is -1.94. The fraction of sp³-hybridized carbons (Fsp3) is 0.294. The van der Waals surface area contributed by atoms with Crippen molar-refractivity contribution in [3.05, 3.63) is 59.2 Å². The summed E-state index contributed by atoms with van der Waals surface area (Å²) in [4.78, 5) is 0. The number of nitrogens with two attached hydrogens (primary N) is 1. The smallest absolute Gasteiger partial charge is 0.168 e. The van der Waals surface area contributed by atoms with Gasteiger partial charge in [-0.2, -0.15) is 0 Å². The van der Waals surface area contributed by atoms with Gasteiger partial charge in [-0.25, -0.2) is 8.78 Å². The molecule has 0 fully saturated rings. The van der Waals surface area contributed by atoms with Crippen LogP contribution in [0.2, 0.25) is 0 Å². The van der Waals surface area contributed by atoms with Gasteiger partial charge in [-0.3, -0.25) is 0 Å². The van der Waals surface area contributed by atoms with Crippen LogP contribution in [-0.4, -0.2) is 6.04 Å². The predicted octanol–water partition coefficient (Wildman–Crippen LogP) is 4.35. The molecule has 0 bridgehead atoms. The van der Waals surface area contributed by atoms with Gasteiger partial charge in [0, 0.05) is 12.1 Å².